The number of nitrogens with two attached hydrogens (primary N) is 1. The first kappa shape index (κ1) is 20.2. The van der Waals surface area contributed by atoms with Crippen LogP contribution in [-0.4, -0.2) is 30.0 Å². The quantitative estimate of drug-likeness (QED) is 0.701. The maximum atomic E-state index is 12.3. The molecule has 138 valence electrons. The summed E-state index contributed by atoms with van der Waals surface area (Å²) in [6, 6.07) is 7.09. The molecule has 0 aliphatic rings. The van der Waals surface area contributed by atoms with Crippen LogP contribution in [0.1, 0.15) is 22.8 Å². The lowest BCUT2D eigenvalue weighted by Crippen LogP contribution is -2.27. The zero-order chi connectivity index (χ0) is 19.1. The number of carbonyl (C=O) groups is 2. The standard InChI is InChI=1S/C18H19Cl2N3O3/c1-2-26-18(25)12(8-21)7-11-3-5-13(6-4-11)23-17(24)16-14(19)9-22-10-15(16)20/h3-6,9-10,12H,2,7-8,21H2,1H3,(H,23,24). The lowest BCUT2D eigenvalue weighted by atomic mass is 9.99. The fourth-order valence-electron chi connectivity index (χ4n) is 2.35. The third kappa shape index (κ3) is 5.17. The van der Waals surface area contributed by atoms with E-state index in [0.717, 1.165) is 5.56 Å². The Morgan fingerprint density at radius 2 is 1.81 bits per heavy atom. The van der Waals surface area contributed by atoms with Crippen LogP contribution in [0.4, 0.5) is 5.69 Å². The topological polar surface area (TPSA) is 94.3 Å². The van der Waals surface area contributed by atoms with Crippen LogP contribution in [0.5, 0.6) is 0 Å². The van der Waals surface area contributed by atoms with Crippen LogP contribution < -0.4 is 11.1 Å². The third-order valence-corrected chi connectivity index (χ3v) is 4.25. The van der Waals surface area contributed by atoms with E-state index in [4.69, 9.17) is 33.7 Å². The highest BCUT2D eigenvalue weighted by molar-refractivity contribution is 6.40. The van der Waals surface area contributed by atoms with Crippen LogP contribution in [0.15, 0.2) is 36.7 Å². The van der Waals surface area contributed by atoms with Gasteiger partial charge in [0.2, 0.25) is 0 Å². The number of hydrogen-bond donors (Lipinski definition) is 2. The predicted molar refractivity (Wildman–Crippen MR) is 102 cm³/mol. The highest BCUT2D eigenvalue weighted by atomic mass is 35.5. The van der Waals surface area contributed by atoms with Gasteiger partial charge in [-0.2, -0.15) is 0 Å². The van der Waals surface area contributed by atoms with Crippen LogP contribution in [0.2, 0.25) is 10.0 Å². The molecule has 0 aliphatic carbocycles. The smallest absolute Gasteiger partial charge is 0.310 e. The van der Waals surface area contributed by atoms with Crippen molar-refractivity contribution in [3.8, 4) is 0 Å². The average molecular weight is 396 g/mol. The van der Waals surface area contributed by atoms with Gasteiger partial charge in [0.05, 0.1) is 28.1 Å². The van der Waals surface area contributed by atoms with E-state index in [9.17, 15) is 9.59 Å². The van der Waals surface area contributed by atoms with Crippen molar-refractivity contribution in [2.45, 2.75) is 13.3 Å². The third-order valence-electron chi connectivity index (χ3n) is 3.68. The Morgan fingerprint density at radius 3 is 2.35 bits per heavy atom. The van der Waals surface area contributed by atoms with E-state index in [1.54, 1.807) is 19.1 Å². The Morgan fingerprint density at radius 1 is 1.19 bits per heavy atom. The van der Waals surface area contributed by atoms with Gasteiger partial charge in [0.25, 0.3) is 5.91 Å². The van der Waals surface area contributed by atoms with Gasteiger partial charge in [-0.1, -0.05) is 35.3 Å². The molecule has 0 saturated carbocycles. The normalized spacial score (nSPS) is 11.7. The predicted octanol–water partition coefficient (Wildman–Crippen LogP) is 3.32. The number of aromatic nitrogens is 1. The van der Waals surface area contributed by atoms with E-state index >= 15 is 0 Å². The molecule has 1 aromatic heterocycles. The molecule has 2 aromatic rings. The second kappa shape index (κ2) is 9.52. The van der Waals surface area contributed by atoms with E-state index in [1.165, 1.54) is 12.4 Å². The lowest BCUT2D eigenvalue weighted by molar-refractivity contribution is -0.147. The van der Waals surface area contributed by atoms with Crippen molar-refractivity contribution in [3.63, 3.8) is 0 Å². The Balaban J connectivity index is 2.05. The molecule has 1 amide bonds. The number of pyridine rings is 1. The molecule has 1 heterocycles. The van der Waals surface area contributed by atoms with Gasteiger partial charge in [-0.05, 0) is 31.0 Å². The molecule has 0 bridgehead atoms. The molecule has 3 N–H and O–H groups in total. The zero-order valence-electron chi connectivity index (χ0n) is 14.2. The van der Waals surface area contributed by atoms with E-state index in [0.29, 0.717) is 18.7 Å². The van der Waals surface area contributed by atoms with Crippen LogP contribution in [-0.2, 0) is 16.0 Å². The molecular formula is C18H19Cl2N3O3. The van der Waals surface area contributed by atoms with Crippen molar-refractivity contribution in [1.82, 2.24) is 4.98 Å². The number of anilines is 1. The summed E-state index contributed by atoms with van der Waals surface area (Å²) in [5, 5.41) is 3.07. The molecule has 0 fully saturated rings. The summed E-state index contributed by atoms with van der Waals surface area (Å²) >= 11 is 12.0. The fraction of sp³-hybridized carbons (Fsp3) is 0.278. The summed E-state index contributed by atoms with van der Waals surface area (Å²) in [5.74, 6) is -1.14. The average Bonchev–Trinajstić information content (AvgIpc) is 2.61. The van der Waals surface area contributed by atoms with Gasteiger partial charge in [0.15, 0.2) is 0 Å². The largest absolute Gasteiger partial charge is 0.466 e. The number of benzene rings is 1. The van der Waals surface area contributed by atoms with Gasteiger partial charge in [-0.25, -0.2) is 0 Å². The molecule has 1 aromatic carbocycles. The molecular weight excluding hydrogens is 377 g/mol. The summed E-state index contributed by atoms with van der Waals surface area (Å²) < 4.78 is 5.01. The van der Waals surface area contributed by atoms with Crippen molar-refractivity contribution in [2.24, 2.45) is 11.7 Å². The lowest BCUT2D eigenvalue weighted by Gasteiger charge is -2.14. The van der Waals surface area contributed by atoms with Gasteiger partial charge < -0.3 is 15.8 Å². The van der Waals surface area contributed by atoms with Gasteiger partial charge in [0.1, 0.15) is 0 Å². The number of esters is 1. The summed E-state index contributed by atoms with van der Waals surface area (Å²) in [6.07, 6.45) is 3.17. The first-order chi connectivity index (χ1) is 12.5. The Kier molecular flexibility index (Phi) is 7.38. The summed E-state index contributed by atoms with van der Waals surface area (Å²) in [6.45, 7) is 2.28. The first-order valence-corrected chi connectivity index (χ1v) is 8.77. The monoisotopic (exact) mass is 395 g/mol. The van der Waals surface area contributed by atoms with E-state index in [2.05, 4.69) is 10.3 Å². The van der Waals surface area contributed by atoms with E-state index < -0.39 is 11.8 Å². The minimum Gasteiger partial charge on any atom is -0.466 e. The molecule has 0 radical (unpaired) electrons. The highest BCUT2D eigenvalue weighted by Crippen LogP contribution is 2.24. The van der Waals surface area contributed by atoms with Gasteiger partial charge >= 0.3 is 5.97 Å². The summed E-state index contributed by atoms with van der Waals surface area (Å²) in [7, 11) is 0. The number of nitrogens with zero attached hydrogens (tertiary/aromatic N) is 1. The number of amides is 1. The summed E-state index contributed by atoms with van der Waals surface area (Å²) in [5.41, 5.74) is 7.30. The second-order valence-electron chi connectivity index (χ2n) is 5.52. The maximum Gasteiger partial charge on any atom is 0.310 e. The number of ether oxygens (including phenoxy) is 1. The Labute approximate surface area is 161 Å². The second-order valence-corrected chi connectivity index (χ2v) is 6.33. The summed E-state index contributed by atoms with van der Waals surface area (Å²) in [4.78, 5) is 28.0. The Hall–Kier alpha value is -2.15. The minimum atomic E-state index is -0.429. The molecule has 6 nitrogen and oxygen atoms in total. The minimum absolute atomic E-state index is 0.165. The number of nitrogens with one attached hydrogen (secondary N) is 1. The van der Waals surface area contributed by atoms with E-state index in [-0.39, 0.29) is 28.1 Å². The van der Waals surface area contributed by atoms with Crippen molar-refractivity contribution < 1.29 is 14.3 Å². The highest BCUT2D eigenvalue weighted by Gasteiger charge is 2.19. The molecule has 2 rings (SSSR count). The van der Waals surface area contributed by atoms with Crippen LogP contribution in [0.3, 0.4) is 0 Å². The van der Waals surface area contributed by atoms with Crippen LogP contribution in [0.25, 0.3) is 0 Å². The maximum absolute atomic E-state index is 12.3. The molecule has 0 aliphatic heterocycles. The number of carbonyl (C=O) groups excluding carboxylic acids is 2. The van der Waals surface area contributed by atoms with Gasteiger partial charge in [0, 0.05) is 24.6 Å². The zero-order valence-corrected chi connectivity index (χ0v) is 15.7. The fourth-order valence-corrected chi connectivity index (χ4v) is 2.89. The molecule has 0 saturated heterocycles. The Bertz CT molecular complexity index is 762. The molecule has 26 heavy (non-hydrogen) atoms. The molecule has 8 heteroatoms. The van der Waals surface area contributed by atoms with Crippen LogP contribution in [0, 0.1) is 5.92 Å². The van der Waals surface area contributed by atoms with Crippen molar-refractivity contribution in [1.29, 1.82) is 0 Å². The SMILES string of the molecule is CCOC(=O)C(CN)Cc1ccc(NC(=O)c2c(Cl)cncc2Cl)cc1. The van der Waals surface area contributed by atoms with Crippen molar-refractivity contribution in [3.05, 3.63) is 57.8 Å². The number of hydrogen-bond acceptors (Lipinski definition) is 5. The number of halogens is 2. The van der Waals surface area contributed by atoms with E-state index in [1.807, 2.05) is 12.1 Å². The molecule has 0 spiro atoms. The molecule has 1 atom stereocenters. The van der Waals surface area contributed by atoms with Gasteiger partial charge in [-0.3, -0.25) is 14.6 Å². The van der Waals surface area contributed by atoms with Gasteiger partial charge in [-0.15, -0.1) is 0 Å². The number of rotatable bonds is 7. The first-order valence-electron chi connectivity index (χ1n) is 8.02. The van der Waals surface area contributed by atoms with Crippen molar-refractivity contribution in [2.75, 3.05) is 18.5 Å². The van der Waals surface area contributed by atoms with Crippen LogP contribution >= 0.6 is 23.2 Å². The molecule has 1 unspecified atom stereocenters. The van der Waals surface area contributed by atoms with Crippen molar-refractivity contribution >= 4 is 40.8 Å².